The van der Waals surface area contributed by atoms with E-state index in [1.807, 2.05) is 0 Å². The predicted molar refractivity (Wildman–Crippen MR) is 87.1 cm³/mol. The maximum atomic E-state index is 11.9. The van der Waals surface area contributed by atoms with Crippen molar-refractivity contribution in [3.05, 3.63) is 29.8 Å². The lowest BCUT2D eigenvalue weighted by atomic mass is 10.2. The van der Waals surface area contributed by atoms with Crippen molar-refractivity contribution >= 4 is 34.7 Å². The van der Waals surface area contributed by atoms with Gasteiger partial charge in [0.05, 0.1) is 6.54 Å². The Morgan fingerprint density at radius 3 is 2.67 bits per heavy atom. The van der Waals surface area contributed by atoms with Gasteiger partial charge >= 0.3 is 0 Å². The summed E-state index contributed by atoms with van der Waals surface area (Å²) in [5, 5.41) is 5.31. The van der Waals surface area contributed by atoms with Crippen molar-refractivity contribution in [1.82, 2.24) is 10.2 Å². The van der Waals surface area contributed by atoms with E-state index in [-0.39, 0.29) is 23.3 Å². The molecule has 1 aromatic carbocycles. The van der Waals surface area contributed by atoms with Crippen molar-refractivity contribution in [2.45, 2.75) is 6.42 Å². The first kappa shape index (κ1) is 17.1. The number of nitrogens with one attached hydrogen (secondary N) is 2. The zero-order chi connectivity index (χ0) is 15.8. The van der Waals surface area contributed by atoms with E-state index in [0.717, 1.165) is 0 Å². The van der Waals surface area contributed by atoms with Crippen LogP contribution in [-0.4, -0.2) is 48.9 Å². The zero-order valence-corrected chi connectivity index (χ0v) is 13.0. The number of rotatable bonds is 7. The fraction of sp³-hybridized carbons (Fsp3) is 0.357. The number of benzene rings is 1. The standard InChI is InChI=1S/C14H20N4O2S/c1-16-13(20)9-18(2)7-6-12(19)17-11-5-3-4-10(8-11)14(15)21/h3-5,8H,6-7,9H2,1-2H3,(H2,15,21)(H,16,20)(H,17,19). The molecule has 0 aliphatic rings. The van der Waals surface area contributed by atoms with E-state index < -0.39 is 0 Å². The Bertz CT molecular complexity index is 533. The second kappa shape index (κ2) is 8.33. The van der Waals surface area contributed by atoms with E-state index in [1.165, 1.54) is 0 Å². The Hall–Kier alpha value is -1.99. The highest BCUT2D eigenvalue weighted by Crippen LogP contribution is 2.11. The summed E-state index contributed by atoms with van der Waals surface area (Å²) in [5.74, 6) is -0.207. The normalized spacial score (nSPS) is 10.2. The number of amides is 2. The minimum absolute atomic E-state index is 0.0814. The number of nitrogens with two attached hydrogens (primary N) is 1. The monoisotopic (exact) mass is 308 g/mol. The number of anilines is 1. The van der Waals surface area contributed by atoms with Crippen molar-refractivity contribution in [1.29, 1.82) is 0 Å². The zero-order valence-electron chi connectivity index (χ0n) is 12.2. The van der Waals surface area contributed by atoms with E-state index in [2.05, 4.69) is 10.6 Å². The van der Waals surface area contributed by atoms with Crippen LogP contribution in [0.2, 0.25) is 0 Å². The second-order valence-electron chi connectivity index (χ2n) is 4.65. The molecule has 0 saturated carbocycles. The Labute approximate surface area is 129 Å². The topological polar surface area (TPSA) is 87.5 Å². The Morgan fingerprint density at radius 1 is 1.33 bits per heavy atom. The number of carbonyl (C=O) groups is 2. The Balaban J connectivity index is 2.45. The molecule has 0 fully saturated rings. The first-order chi connectivity index (χ1) is 9.92. The summed E-state index contributed by atoms with van der Waals surface area (Å²) >= 11 is 4.89. The highest BCUT2D eigenvalue weighted by atomic mass is 32.1. The third-order valence-corrected chi connectivity index (χ3v) is 3.08. The minimum Gasteiger partial charge on any atom is -0.389 e. The quantitative estimate of drug-likeness (QED) is 0.632. The molecule has 114 valence electrons. The molecule has 0 aliphatic carbocycles. The molecule has 7 heteroatoms. The molecule has 1 aromatic rings. The summed E-state index contributed by atoms with van der Waals surface area (Å²) in [6, 6.07) is 7.07. The Morgan fingerprint density at radius 2 is 2.05 bits per heavy atom. The van der Waals surface area contributed by atoms with Crippen molar-refractivity contribution < 1.29 is 9.59 Å². The molecule has 0 saturated heterocycles. The van der Waals surface area contributed by atoms with Gasteiger partial charge in [0.25, 0.3) is 0 Å². The van der Waals surface area contributed by atoms with Crippen molar-refractivity contribution in [2.75, 3.05) is 32.5 Å². The van der Waals surface area contributed by atoms with Crippen molar-refractivity contribution in [2.24, 2.45) is 5.73 Å². The molecule has 4 N–H and O–H groups in total. The van der Waals surface area contributed by atoms with Crippen LogP contribution in [0.15, 0.2) is 24.3 Å². The van der Waals surface area contributed by atoms with Crippen LogP contribution in [0.1, 0.15) is 12.0 Å². The van der Waals surface area contributed by atoms with Crippen molar-refractivity contribution in [3.8, 4) is 0 Å². The maximum absolute atomic E-state index is 11.9. The highest BCUT2D eigenvalue weighted by Gasteiger charge is 2.08. The molecule has 0 radical (unpaired) electrons. The molecular weight excluding hydrogens is 288 g/mol. The molecule has 0 heterocycles. The van der Waals surface area contributed by atoms with Crippen LogP contribution in [0.25, 0.3) is 0 Å². The summed E-state index contributed by atoms with van der Waals surface area (Å²) in [5.41, 5.74) is 6.91. The Kier molecular flexibility index (Phi) is 6.77. The number of hydrogen-bond donors (Lipinski definition) is 3. The van der Waals surface area contributed by atoms with Crippen LogP contribution < -0.4 is 16.4 Å². The molecule has 0 aliphatic heterocycles. The van der Waals surface area contributed by atoms with Gasteiger partial charge in [-0.25, -0.2) is 0 Å². The van der Waals surface area contributed by atoms with Gasteiger partial charge in [0.15, 0.2) is 0 Å². The SMILES string of the molecule is CNC(=O)CN(C)CCC(=O)Nc1cccc(C(N)=S)c1. The van der Waals surface area contributed by atoms with Gasteiger partial charge < -0.3 is 16.4 Å². The average Bonchev–Trinajstić information content (AvgIpc) is 2.45. The van der Waals surface area contributed by atoms with Crippen LogP contribution in [0, 0.1) is 0 Å². The van der Waals surface area contributed by atoms with E-state index in [0.29, 0.717) is 24.2 Å². The van der Waals surface area contributed by atoms with E-state index >= 15 is 0 Å². The molecule has 0 atom stereocenters. The first-order valence-electron chi connectivity index (χ1n) is 6.51. The molecule has 21 heavy (non-hydrogen) atoms. The number of likely N-dealkylation sites (N-methyl/N-ethyl adjacent to an activating group) is 2. The number of hydrogen-bond acceptors (Lipinski definition) is 4. The summed E-state index contributed by atoms with van der Waals surface area (Å²) in [4.78, 5) is 25.1. The lowest BCUT2D eigenvalue weighted by Crippen LogP contribution is -2.34. The minimum atomic E-state index is -0.126. The smallest absolute Gasteiger partial charge is 0.233 e. The number of carbonyl (C=O) groups excluding carboxylic acids is 2. The molecule has 0 bridgehead atoms. The molecule has 2 amide bonds. The summed E-state index contributed by atoms with van der Waals surface area (Å²) in [7, 11) is 3.37. The van der Waals surface area contributed by atoms with Gasteiger partial charge in [0.1, 0.15) is 4.99 Å². The van der Waals surface area contributed by atoms with E-state index in [1.54, 1.807) is 43.3 Å². The fourth-order valence-electron chi connectivity index (χ4n) is 1.67. The van der Waals surface area contributed by atoms with E-state index in [4.69, 9.17) is 18.0 Å². The molecule has 0 spiro atoms. The largest absolute Gasteiger partial charge is 0.389 e. The van der Waals surface area contributed by atoms with Crippen LogP contribution in [-0.2, 0) is 9.59 Å². The highest BCUT2D eigenvalue weighted by molar-refractivity contribution is 7.80. The third kappa shape index (κ3) is 6.33. The van der Waals surface area contributed by atoms with Crippen LogP contribution in [0.5, 0.6) is 0 Å². The van der Waals surface area contributed by atoms with Gasteiger partial charge in [-0.3, -0.25) is 14.5 Å². The average molecular weight is 308 g/mol. The summed E-state index contributed by atoms with van der Waals surface area (Å²) in [6.07, 6.45) is 0.296. The predicted octanol–water partition coefficient (Wildman–Crippen LogP) is 0.327. The second-order valence-corrected chi connectivity index (χ2v) is 5.09. The maximum Gasteiger partial charge on any atom is 0.233 e. The number of thiocarbonyl (C=S) groups is 1. The van der Waals surface area contributed by atoms with Gasteiger partial charge in [-0.15, -0.1) is 0 Å². The van der Waals surface area contributed by atoms with E-state index in [9.17, 15) is 9.59 Å². The summed E-state index contributed by atoms with van der Waals surface area (Å²) in [6.45, 7) is 0.759. The molecular formula is C14H20N4O2S. The van der Waals surface area contributed by atoms with Gasteiger partial charge in [-0.1, -0.05) is 24.4 Å². The van der Waals surface area contributed by atoms with Gasteiger partial charge in [0.2, 0.25) is 11.8 Å². The number of nitrogens with zero attached hydrogens (tertiary/aromatic N) is 1. The fourth-order valence-corrected chi connectivity index (χ4v) is 1.80. The van der Waals surface area contributed by atoms with Crippen LogP contribution in [0.3, 0.4) is 0 Å². The van der Waals surface area contributed by atoms with Crippen LogP contribution >= 0.6 is 12.2 Å². The van der Waals surface area contributed by atoms with Crippen molar-refractivity contribution in [3.63, 3.8) is 0 Å². The molecule has 1 rings (SSSR count). The first-order valence-corrected chi connectivity index (χ1v) is 6.92. The third-order valence-electron chi connectivity index (χ3n) is 2.84. The molecule has 0 aromatic heterocycles. The van der Waals surface area contributed by atoms with Gasteiger partial charge in [-0.05, 0) is 19.2 Å². The molecule has 0 unspecified atom stereocenters. The lowest BCUT2D eigenvalue weighted by Gasteiger charge is -2.15. The lowest BCUT2D eigenvalue weighted by molar-refractivity contribution is -0.122. The van der Waals surface area contributed by atoms with Crippen LogP contribution in [0.4, 0.5) is 5.69 Å². The van der Waals surface area contributed by atoms with Gasteiger partial charge in [0, 0.05) is 31.3 Å². The molecule has 6 nitrogen and oxygen atoms in total. The summed E-state index contributed by atoms with van der Waals surface area (Å²) < 4.78 is 0. The van der Waals surface area contributed by atoms with Gasteiger partial charge in [-0.2, -0.15) is 0 Å².